The van der Waals surface area contributed by atoms with Crippen molar-refractivity contribution in [2.75, 3.05) is 31.8 Å². The van der Waals surface area contributed by atoms with Crippen LogP contribution in [0.2, 0.25) is 0 Å². The van der Waals surface area contributed by atoms with Crippen LogP contribution >= 0.6 is 11.8 Å². The Kier molecular flexibility index (Phi) is 11.9. The van der Waals surface area contributed by atoms with Crippen LogP contribution in [0.3, 0.4) is 0 Å². The van der Waals surface area contributed by atoms with Crippen molar-refractivity contribution in [3.8, 4) is 0 Å². The van der Waals surface area contributed by atoms with Crippen molar-refractivity contribution in [3.63, 3.8) is 0 Å². The quantitative estimate of drug-likeness (QED) is 0.570. The molecule has 0 bridgehead atoms. The van der Waals surface area contributed by atoms with E-state index in [1.54, 1.807) is 0 Å². The van der Waals surface area contributed by atoms with Gasteiger partial charge in [0.1, 0.15) is 0 Å². The van der Waals surface area contributed by atoms with E-state index in [2.05, 4.69) is 18.5 Å². The van der Waals surface area contributed by atoms with Crippen molar-refractivity contribution >= 4 is 11.8 Å². The summed E-state index contributed by atoms with van der Waals surface area (Å²) in [4.78, 5) is 0. The minimum absolute atomic E-state index is 0.0470. The van der Waals surface area contributed by atoms with Gasteiger partial charge in [-0.25, -0.2) is 0 Å². The highest BCUT2D eigenvalue weighted by atomic mass is 32.2. The van der Waals surface area contributed by atoms with E-state index in [0.29, 0.717) is 19.3 Å². The average Bonchev–Trinajstić information content (AvgIpc) is 2.28. The van der Waals surface area contributed by atoms with E-state index in [1.807, 2.05) is 25.6 Å². The van der Waals surface area contributed by atoms with Gasteiger partial charge in [0.25, 0.3) is 0 Å². The minimum atomic E-state index is -0.0470. The molecule has 0 aromatic rings. The highest BCUT2D eigenvalue weighted by molar-refractivity contribution is 7.98. The summed E-state index contributed by atoms with van der Waals surface area (Å²) in [6.07, 6.45) is 4.20. The lowest BCUT2D eigenvalue weighted by Crippen LogP contribution is -2.34. The smallest absolute Gasteiger partial charge is 0.158 e. The van der Waals surface area contributed by atoms with E-state index in [4.69, 9.17) is 9.47 Å². The third-order valence-corrected chi connectivity index (χ3v) is 3.11. The summed E-state index contributed by atoms with van der Waals surface area (Å²) < 4.78 is 11.0. The van der Waals surface area contributed by atoms with Crippen LogP contribution in [0.4, 0.5) is 0 Å². The maximum absolute atomic E-state index is 5.49. The van der Waals surface area contributed by atoms with Gasteiger partial charge >= 0.3 is 0 Å². The second kappa shape index (κ2) is 11.7. The summed E-state index contributed by atoms with van der Waals surface area (Å²) in [6, 6.07) is 0.610. The van der Waals surface area contributed by atoms with Crippen LogP contribution in [0, 0.1) is 0 Å². The Morgan fingerprint density at radius 1 is 1.12 bits per heavy atom. The molecule has 0 aliphatic rings. The molecular formula is C12H27NO2S. The fraction of sp³-hybridized carbons (Fsp3) is 1.00. The van der Waals surface area contributed by atoms with E-state index in [0.717, 1.165) is 13.0 Å². The first-order valence-corrected chi connectivity index (χ1v) is 7.63. The monoisotopic (exact) mass is 249 g/mol. The van der Waals surface area contributed by atoms with Crippen molar-refractivity contribution in [2.45, 2.75) is 45.9 Å². The average molecular weight is 249 g/mol. The zero-order chi connectivity index (χ0) is 12.2. The molecule has 0 spiro atoms. The number of ether oxygens (including phenoxy) is 2. The Bertz CT molecular complexity index is 141. The molecule has 4 heteroatoms. The summed E-state index contributed by atoms with van der Waals surface area (Å²) in [5, 5.41) is 3.54. The molecule has 0 heterocycles. The van der Waals surface area contributed by atoms with Crippen molar-refractivity contribution in [3.05, 3.63) is 0 Å². The summed E-state index contributed by atoms with van der Waals surface area (Å²) in [5.74, 6) is 1.17. The Morgan fingerprint density at radius 2 is 1.75 bits per heavy atom. The molecule has 0 aromatic heterocycles. The van der Waals surface area contributed by atoms with E-state index < -0.39 is 0 Å². The standard InChI is InChI=1S/C12H27NO2S/c1-5-11(10-16-4)13-9-8-12(14-6-2)15-7-3/h11-13H,5-10H2,1-4H3. The first kappa shape index (κ1) is 16.2. The van der Waals surface area contributed by atoms with Crippen molar-refractivity contribution in [1.29, 1.82) is 0 Å². The van der Waals surface area contributed by atoms with Gasteiger partial charge in [0, 0.05) is 38.0 Å². The van der Waals surface area contributed by atoms with E-state index in [-0.39, 0.29) is 6.29 Å². The maximum Gasteiger partial charge on any atom is 0.158 e. The first-order valence-electron chi connectivity index (χ1n) is 6.23. The summed E-state index contributed by atoms with van der Waals surface area (Å²) in [5.41, 5.74) is 0. The molecule has 16 heavy (non-hydrogen) atoms. The zero-order valence-electron chi connectivity index (χ0n) is 11.1. The van der Waals surface area contributed by atoms with Crippen LogP contribution in [0.25, 0.3) is 0 Å². The summed E-state index contributed by atoms with van der Waals surface area (Å²) in [6.45, 7) is 8.61. The van der Waals surface area contributed by atoms with Crippen LogP contribution < -0.4 is 5.32 Å². The second-order valence-electron chi connectivity index (χ2n) is 3.64. The van der Waals surface area contributed by atoms with Crippen molar-refractivity contribution in [1.82, 2.24) is 5.32 Å². The van der Waals surface area contributed by atoms with Gasteiger partial charge in [0.2, 0.25) is 0 Å². The molecule has 0 rings (SSSR count). The third kappa shape index (κ3) is 8.39. The van der Waals surface area contributed by atoms with Crippen molar-refractivity contribution in [2.24, 2.45) is 0 Å². The highest BCUT2D eigenvalue weighted by Crippen LogP contribution is 2.03. The minimum Gasteiger partial charge on any atom is -0.353 e. The van der Waals surface area contributed by atoms with Gasteiger partial charge in [-0.3, -0.25) is 0 Å². The van der Waals surface area contributed by atoms with Crippen LogP contribution in [0.5, 0.6) is 0 Å². The Morgan fingerprint density at radius 3 is 2.19 bits per heavy atom. The summed E-state index contributed by atoms with van der Waals surface area (Å²) >= 11 is 1.89. The topological polar surface area (TPSA) is 30.5 Å². The molecule has 0 radical (unpaired) electrons. The molecule has 0 aliphatic heterocycles. The number of nitrogens with one attached hydrogen (secondary N) is 1. The summed E-state index contributed by atoms with van der Waals surface area (Å²) in [7, 11) is 0. The predicted molar refractivity (Wildman–Crippen MR) is 72.1 cm³/mol. The second-order valence-corrected chi connectivity index (χ2v) is 4.55. The molecule has 0 saturated carbocycles. The zero-order valence-corrected chi connectivity index (χ0v) is 11.9. The molecule has 0 aliphatic carbocycles. The molecule has 0 amide bonds. The fourth-order valence-corrected chi connectivity index (χ4v) is 2.27. The van der Waals surface area contributed by atoms with Crippen LogP contribution in [-0.4, -0.2) is 44.1 Å². The number of hydrogen-bond acceptors (Lipinski definition) is 4. The fourth-order valence-electron chi connectivity index (χ4n) is 1.51. The molecule has 0 saturated heterocycles. The van der Waals surface area contributed by atoms with Crippen molar-refractivity contribution < 1.29 is 9.47 Å². The Hall–Kier alpha value is 0.230. The molecule has 98 valence electrons. The van der Waals surface area contributed by atoms with Gasteiger partial charge in [-0.1, -0.05) is 6.92 Å². The molecule has 1 unspecified atom stereocenters. The van der Waals surface area contributed by atoms with Crippen LogP contribution in [0.15, 0.2) is 0 Å². The molecule has 1 atom stereocenters. The largest absolute Gasteiger partial charge is 0.353 e. The first-order chi connectivity index (χ1) is 7.78. The molecular weight excluding hydrogens is 222 g/mol. The lowest BCUT2D eigenvalue weighted by Gasteiger charge is -2.20. The van der Waals surface area contributed by atoms with Gasteiger partial charge in [-0.05, 0) is 26.5 Å². The number of hydrogen-bond donors (Lipinski definition) is 1. The Labute approximate surface area is 105 Å². The third-order valence-electron chi connectivity index (χ3n) is 2.38. The molecule has 0 aromatic carbocycles. The SMILES string of the molecule is CCOC(CCNC(CC)CSC)OCC. The molecule has 1 N–H and O–H groups in total. The Balaban J connectivity index is 3.65. The predicted octanol–water partition coefficient (Wildman–Crippen LogP) is 2.51. The molecule has 3 nitrogen and oxygen atoms in total. The van der Waals surface area contributed by atoms with Gasteiger partial charge < -0.3 is 14.8 Å². The maximum atomic E-state index is 5.49. The van der Waals surface area contributed by atoms with Gasteiger partial charge in [-0.15, -0.1) is 0 Å². The van der Waals surface area contributed by atoms with Gasteiger partial charge in [-0.2, -0.15) is 11.8 Å². The lowest BCUT2D eigenvalue weighted by molar-refractivity contribution is -0.138. The van der Waals surface area contributed by atoms with Gasteiger partial charge in [0.15, 0.2) is 6.29 Å². The normalized spacial score (nSPS) is 13.3. The lowest BCUT2D eigenvalue weighted by atomic mass is 10.2. The highest BCUT2D eigenvalue weighted by Gasteiger charge is 2.09. The van der Waals surface area contributed by atoms with Gasteiger partial charge in [0.05, 0.1) is 0 Å². The van der Waals surface area contributed by atoms with Crippen LogP contribution in [0.1, 0.15) is 33.6 Å². The molecule has 0 fully saturated rings. The van der Waals surface area contributed by atoms with E-state index in [9.17, 15) is 0 Å². The number of rotatable bonds is 11. The van der Waals surface area contributed by atoms with E-state index in [1.165, 1.54) is 12.2 Å². The van der Waals surface area contributed by atoms with Crippen LogP contribution in [-0.2, 0) is 9.47 Å². The van der Waals surface area contributed by atoms with E-state index >= 15 is 0 Å². The number of thioether (sulfide) groups is 1.